The molecule has 128 valence electrons. The molecule has 0 amide bonds. The van der Waals surface area contributed by atoms with Crippen LogP contribution in [0.4, 0.5) is 10.1 Å². The Kier molecular flexibility index (Phi) is 4.60. The average molecular weight is 348 g/mol. The SMILES string of the molecule is Cc1cc(CNc2cccc(S(=O)(=O)NC3CC3)c2C)ccc1F. The number of aryl methyl sites for hydroxylation is 1. The summed E-state index contributed by atoms with van der Waals surface area (Å²) in [7, 11) is -3.49. The smallest absolute Gasteiger partial charge is 0.241 e. The molecule has 2 aromatic carbocycles. The first-order chi connectivity index (χ1) is 11.4. The highest BCUT2D eigenvalue weighted by Crippen LogP contribution is 2.27. The Balaban J connectivity index is 1.78. The summed E-state index contributed by atoms with van der Waals surface area (Å²) in [5.41, 5.74) is 2.98. The monoisotopic (exact) mass is 348 g/mol. The van der Waals surface area contributed by atoms with Gasteiger partial charge in [-0.25, -0.2) is 17.5 Å². The lowest BCUT2D eigenvalue weighted by molar-refractivity contribution is 0.580. The van der Waals surface area contributed by atoms with Crippen molar-refractivity contribution < 1.29 is 12.8 Å². The van der Waals surface area contributed by atoms with E-state index in [0.717, 1.165) is 24.1 Å². The fourth-order valence-corrected chi connectivity index (χ4v) is 4.17. The van der Waals surface area contributed by atoms with Gasteiger partial charge in [-0.15, -0.1) is 0 Å². The van der Waals surface area contributed by atoms with E-state index < -0.39 is 10.0 Å². The number of hydrogen-bond donors (Lipinski definition) is 2. The molecular weight excluding hydrogens is 327 g/mol. The second-order valence-electron chi connectivity index (χ2n) is 6.26. The molecule has 24 heavy (non-hydrogen) atoms. The lowest BCUT2D eigenvalue weighted by Gasteiger charge is -2.14. The summed E-state index contributed by atoms with van der Waals surface area (Å²) >= 11 is 0. The van der Waals surface area contributed by atoms with Gasteiger partial charge < -0.3 is 5.32 Å². The maximum Gasteiger partial charge on any atom is 0.241 e. The van der Waals surface area contributed by atoms with Gasteiger partial charge >= 0.3 is 0 Å². The lowest BCUT2D eigenvalue weighted by Crippen LogP contribution is -2.26. The topological polar surface area (TPSA) is 58.2 Å². The van der Waals surface area contributed by atoms with Gasteiger partial charge in [0.05, 0.1) is 4.90 Å². The van der Waals surface area contributed by atoms with Crippen molar-refractivity contribution in [1.29, 1.82) is 0 Å². The summed E-state index contributed by atoms with van der Waals surface area (Å²) in [6.07, 6.45) is 1.81. The Hall–Kier alpha value is -1.92. The lowest BCUT2D eigenvalue weighted by atomic mass is 10.1. The van der Waals surface area contributed by atoms with Gasteiger partial charge in [0, 0.05) is 18.3 Å². The van der Waals surface area contributed by atoms with Crippen molar-refractivity contribution in [2.75, 3.05) is 5.32 Å². The van der Waals surface area contributed by atoms with Crippen LogP contribution in [0.1, 0.15) is 29.5 Å². The van der Waals surface area contributed by atoms with Crippen LogP contribution in [0.2, 0.25) is 0 Å². The molecule has 0 heterocycles. The molecule has 0 aliphatic heterocycles. The maximum atomic E-state index is 13.3. The van der Waals surface area contributed by atoms with Gasteiger partial charge in [0.2, 0.25) is 10.0 Å². The van der Waals surface area contributed by atoms with E-state index in [2.05, 4.69) is 10.0 Å². The summed E-state index contributed by atoms with van der Waals surface area (Å²) in [6.45, 7) is 4.02. The molecule has 0 aromatic heterocycles. The minimum absolute atomic E-state index is 0.0770. The summed E-state index contributed by atoms with van der Waals surface area (Å²) in [6, 6.07) is 10.2. The second kappa shape index (κ2) is 6.53. The molecule has 0 bridgehead atoms. The minimum Gasteiger partial charge on any atom is -0.381 e. The zero-order chi connectivity index (χ0) is 17.3. The summed E-state index contributed by atoms with van der Waals surface area (Å²) in [4.78, 5) is 0.301. The minimum atomic E-state index is -3.49. The highest BCUT2D eigenvalue weighted by Gasteiger charge is 2.29. The number of benzene rings is 2. The molecule has 6 heteroatoms. The first-order valence-corrected chi connectivity index (χ1v) is 9.46. The molecule has 0 unspecified atom stereocenters. The fourth-order valence-electron chi connectivity index (χ4n) is 2.60. The van der Waals surface area contributed by atoms with Crippen molar-refractivity contribution in [3.05, 3.63) is 58.9 Å². The predicted molar refractivity (Wildman–Crippen MR) is 93.0 cm³/mol. The first kappa shape index (κ1) is 16.9. The second-order valence-corrected chi connectivity index (χ2v) is 7.94. The van der Waals surface area contributed by atoms with Gasteiger partial charge in [-0.3, -0.25) is 0 Å². The van der Waals surface area contributed by atoms with Gasteiger partial charge in [0.25, 0.3) is 0 Å². The normalized spacial score (nSPS) is 14.6. The van der Waals surface area contributed by atoms with Gasteiger partial charge in [-0.05, 0) is 61.6 Å². The third kappa shape index (κ3) is 3.76. The molecule has 0 saturated heterocycles. The van der Waals surface area contributed by atoms with E-state index in [0.29, 0.717) is 22.6 Å². The Labute approximate surface area is 142 Å². The van der Waals surface area contributed by atoms with Crippen molar-refractivity contribution in [3.8, 4) is 0 Å². The molecule has 3 rings (SSSR count). The molecule has 0 atom stereocenters. The summed E-state index contributed by atoms with van der Waals surface area (Å²) in [5.74, 6) is -0.228. The number of nitrogens with one attached hydrogen (secondary N) is 2. The van der Waals surface area contributed by atoms with Crippen molar-refractivity contribution >= 4 is 15.7 Å². The van der Waals surface area contributed by atoms with E-state index >= 15 is 0 Å². The quantitative estimate of drug-likeness (QED) is 0.840. The van der Waals surface area contributed by atoms with E-state index in [9.17, 15) is 12.8 Å². The third-order valence-electron chi connectivity index (χ3n) is 4.18. The average Bonchev–Trinajstić information content (AvgIpc) is 3.32. The van der Waals surface area contributed by atoms with E-state index in [-0.39, 0.29) is 11.9 Å². The third-order valence-corrected chi connectivity index (χ3v) is 5.84. The molecule has 1 fully saturated rings. The molecular formula is C18H21FN2O2S. The number of hydrogen-bond acceptors (Lipinski definition) is 3. The largest absolute Gasteiger partial charge is 0.381 e. The molecule has 4 nitrogen and oxygen atoms in total. The van der Waals surface area contributed by atoms with Gasteiger partial charge in [-0.1, -0.05) is 18.2 Å². The van der Waals surface area contributed by atoms with Crippen LogP contribution in [0, 0.1) is 19.7 Å². The van der Waals surface area contributed by atoms with E-state index in [4.69, 9.17) is 0 Å². The van der Waals surface area contributed by atoms with E-state index in [1.807, 2.05) is 6.07 Å². The number of sulfonamides is 1. The van der Waals surface area contributed by atoms with Gasteiger partial charge in [-0.2, -0.15) is 0 Å². The fraction of sp³-hybridized carbons (Fsp3) is 0.333. The van der Waals surface area contributed by atoms with Crippen LogP contribution in [0.3, 0.4) is 0 Å². The van der Waals surface area contributed by atoms with Crippen molar-refractivity contribution in [2.45, 2.75) is 44.2 Å². The first-order valence-electron chi connectivity index (χ1n) is 7.97. The van der Waals surface area contributed by atoms with Crippen molar-refractivity contribution in [2.24, 2.45) is 0 Å². The van der Waals surface area contributed by atoms with Crippen LogP contribution >= 0.6 is 0 Å². The van der Waals surface area contributed by atoms with Crippen LogP contribution in [0.5, 0.6) is 0 Å². The van der Waals surface area contributed by atoms with Gasteiger partial charge in [0.15, 0.2) is 0 Å². The Morgan fingerprint density at radius 1 is 1.17 bits per heavy atom. The summed E-state index contributed by atoms with van der Waals surface area (Å²) in [5, 5.41) is 3.24. The van der Waals surface area contributed by atoms with Crippen LogP contribution in [0.25, 0.3) is 0 Å². The molecule has 0 radical (unpaired) electrons. The maximum absolute atomic E-state index is 13.3. The number of rotatable bonds is 6. The van der Waals surface area contributed by atoms with E-state index in [1.165, 1.54) is 6.07 Å². The molecule has 0 spiro atoms. The molecule has 1 saturated carbocycles. The number of halogens is 1. The van der Waals surface area contributed by atoms with Crippen LogP contribution in [-0.2, 0) is 16.6 Å². The summed E-state index contributed by atoms with van der Waals surface area (Å²) < 4.78 is 40.9. The Bertz CT molecular complexity index is 861. The standard InChI is InChI=1S/C18H21FN2O2S/c1-12-10-14(6-9-16(12)19)11-20-17-4-3-5-18(13(17)2)24(22,23)21-15-7-8-15/h3-6,9-10,15,20-21H,7-8,11H2,1-2H3. The number of anilines is 1. The zero-order valence-electron chi connectivity index (χ0n) is 13.8. The molecule has 1 aliphatic rings. The Morgan fingerprint density at radius 3 is 2.58 bits per heavy atom. The van der Waals surface area contributed by atoms with E-state index in [1.54, 1.807) is 38.1 Å². The van der Waals surface area contributed by atoms with Crippen LogP contribution in [-0.4, -0.2) is 14.5 Å². The predicted octanol–water partition coefficient (Wildman–Crippen LogP) is 3.50. The van der Waals surface area contributed by atoms with Gasteiger partial charge in [0.1, 0.15) is 5.82 Å². The molecule has 2 aromatic rings. The highest BCUT2D eigenvalue weighted by molar-refractivity contribution is 7.89. The Morgan fingerprint density at radius 2 is 1.92 bits per heavy atom. The zero-order valence-corrected chi connectivity index (χ0v) is 14.6. The van der Waals surface area contributed by atoms with Crippen molar-refractivity contribution in [1.82, 2.24) is 4.72 Å². The van der Waals surface area contributed by atoms with Crippen LogP contribution < -0.4 is 10.0 Å². The van der Waals surface area contributed by atoms with Crippen molar-refractivity contribution in [3.63, 3.8) is 0 Å². The van der Waals surface area contributed by atoms with Crippen LogP contribution in [0.15, 0.2) is 41.3 Å². The highest BCUT2D eigenvalue weighted by atomic mass is 32.2. The molecule has 1 aliphatic carbocycles. The molecule has 2 N–H and O–H groups in total.